The first-order valence-corrected chi connectivity index (χ1v) is 6.74. The summed E-state index contributed by atoms with van der Waals surface area (Å²) in [6.07, 6.45) is -1.13. The Morgan fingerprint density at radius 1 is 1.26 bits per heavy atom. The third-order valence-electron chi connectivity index (χ3n) is 4.51. The summed E-state index contributed by atoms with van der Waals surface area (Å²) in [5, 5.41) is 3.39. The SMILES string of the molecule is CC1(C)CCC2Nc3ccc(C(F)(F)F)cc3C2C1. The number of halogens is 3. The third-order valence-corrected chi connectivity index (χ3v) is 4.51. The molecule has 0 saturated heterocycles. The second kappa shape index (κ2) is 3.90. The molecule has 1 aromatic rings. The van der Waals surface area contributed by atoms with Crippen molar-refractivity contribution < 1.29 is 13.2 Å². The van der Waals surface area contributed by atoms with Crippen LogP contribution in [0.25, 0.3) is 0 Å². The Labute approximate surface area is 111 Å². The summed E-state index contributed by atoms with van der Waals surface area (Å²) in [5.74, 6) is 0.223. The second-order valence-corrected chi connectivity index (χ2v) is 6.56. The van der Waals surface area contributed by atoms with Crippen molar-refractivity contribution in [2.45, 2.75) is 51.2 Å². The summed E-state index contributed by atoms with van der Waals surface area (Å²) in [6.45, 7) is 4.41. The first-order valence-electron chi connectivity index (χ1n) is 6.74. The lowest BCUT2D eigenvalue weighted by Gasteiger charge is -2.37. The molecule has 1 saturated carbocycles. The van der Waals surface area contributed by atoms with Gasteiger partial charge in [0.05, 0.1) is 5.56 Å². The zero-order chi connectivity index (χ0) is 13.8. The lowest BCUT2D eigenvalue weighted by atomic mass is 9.69. The molecule has 2 aliphatic rings. The van der Waals surface area contributed by atoms with Gasteiger partial charge < -0.3 is 5.32 Å². The average molecular weight is 269 g/mol. The highest BCUT2D eigenvalue weighted by molar-refractivity contribution is 5.61. The molecule has 0 radical (unpaired) electrons. The van der Waals surface area contributed by atoms with Crippen molar-refractivity contribution in [3.8, 4) is 0 Å². The summed E-state index contributed by atoms with van der Waals surface area (Å²) in [7, 11) is 0. The normalized spacial score (nSPS) is 28.5. The molecule has 1 heterocycles. The van der Waals surface area contributed by atoms with E-state index in [1.165, 1.54) is 12.1 Å². The summed E-state index contributed by atoms with van der Waals surface area (Å²) < 4.78 is 38.4. The van der Waals surface area contributed by atoms with Crippen molar-refractivity contribution in [2.24, 2.45) is 5.41 Å². The number of fused-ring (bicyclic) bond motifs is 3. The molecule has 1 N–H and O–H groups in total. The maximum absolute atomic E-state index is 12.8. The molecule has 1 aromatic carbocycles. The van der Waals surface area contributed by atoms with Crippen molar-refractivity contribution in [3.63, 3.8) is 0 Å². The number of hydrogen-bond acceptors (Lipinski definition) is 1. The van der Waals surface area contributed by atoms with Crippen LogP contribution < -0.4 is 5.32 Å². The van der Waals surface area contributed by atoms with E-state index < -0.39 is 11.7 Å². The fourth-order valence-electron chi connectivity index (χ4n) is 3.46. The minimum absolute atomic E-state index is 0.221. The van der Waals surface area contributed by atoms with E-state index >= 15 is 0 Å². The molecule has 19 heavy (non-hydrogen) atoms. The standard InChI is InChI=1S/C15H18F3N/c1-14(2)6-5-13-11(8-14)10-7-9(15(16,17)18)3-4-12(10)19-13/h3-4,7,11,13,19H,5-6,8H2,1-2H3. The van der Waals surface area contributed by atoms with Gasteiger partial charge in [-0.25, -0.2) is 0 Å². The first kappa shape index (κ1) is 12.8. The van der Waals surface area contributed by atoms with E-state index in [1.54, 1.807) is 6.07 Å². The monoisotopic (exact) mass is 269 g/mol. The van der Waals surface area contributed by atoms with Crippen molar-refractivity contribution in [3.05, 3.63) is 29.3 Å². The van der Waals surface area contributed by atoms with Crippen LogP contribution in [0.2, 0.25) is 0 Å². The molecule has 1 aliphatic heterocycles. The highest BCUT2D eigenvalue weighted by Gasteiger charge is 2.41. The molecule has 0 spiro atoms. The van der Waals surface area contributed by atoms with Gasteiger partial charge in [-0.2, -0.15) is 13.2 Å². The van der Waals surface area contributed by atoms with Crippen molar-refractivity contribution in [1.82, 2.24) is 0 Å². The fraction of sp³-hybridized carbons (Fsp3) is 0.600. The highest BCUT2D eigenvalue weighted by atomic mass is 19.4. The number of rotatable bonds is 0. The van der Waals surface area contributed by atoms with Crippen LogP contribution in [0.15, 0.2) is 18.2 Å². The van der Waals surface area contributed by atoms with E-state index in [0.717, 1.165) is 30.5 Å². The van der Waals surface area contributed by atoms with Gasteiger partial charge in [0.1, 0.15) is 0 Å². The molecule has 104 valence electrons. The van der Waals surface area contributed by atoms with Gasteiger partial charge in [-0.05, 0) is 48.4 Å². The Morgan fingerprint density at radius 3 is 2.68 bits per heavy atom. The first-order chi connectivity index (χ1) is 8.76. The Kier molecular flexibility index (Phi) is 2.63. The van der Waals surface area contributed by atoms with E-state index in [0.29, 0.717) is 6.04 Å². The molecule has 1 nitrogen and oxygen atoms in total. The van der Waals surface area contributed by atoms with E-state index in [9.17, 15) is 13.2 Å². The Bertz CT molecular complexity index is 505. The van der Waals surface area contributed by atoms with Crippen LogP contribution in [0.3, 0.4) is 0 Å². The minimum atomic E-state index is -4.25. The van der Waals surface area contributed by atoms with Gasteiger partial charge in [-0.15, -0.1) is 0 Å². The predicted octanol–water partition coefficient (Wildman–Crippen LogP) is 4.79. The molecule has 2 atom stereocenters. The third kappa shape index (κ3) is 2.21. The average Bonchev–Trinajstić information content (AvgIpc) is 2.64. The van der Waals surface area contributed by atoms with Gasteiger partial charge in [0, 0.05) is 17.6 Å². The second-order valence-electron chi connectivity index (χ2n) is 6.56. The molecule has 0 bridgehead atoms. The molecule has 0 amide bonds. The topological polar surface area (TPSA) is 12.0 Å². The van der Waals surface area contributed by atoms with Crippen LogP contribution in [-0.4, -0.2) is 6.04 Å². The molecule has 1 aliphatic carbocycles. The summed E-state index contributed by atoms with van der Waals surface area (Å²) >= 11 is 0. The van der Waals surface area contributed by atoms with Gasteiger partial charge in [0.2, 0.25) is 0 Å². The molecular formula is C15H18F3N. The molecular weight excluding hydrogens is 251 g/mol. The van der Waals surface area contributed by atoms with Crippen LogP contribution in [0.1, 0.15) is 50.2 Å². The minimum Gasteiger partial charge on any atom is -0.381 e. The number of benzene rings is 1. The van der Waals surface area contributed by atoms with E-state index in [2.05, 4.69) is 19.2 Å². The fourth-order valence-corrected chi connectivity index (χ4v) is 3.46. The zero-order valence-electron chi connectivity index (χ0n) is 11.1. The number of nitrogens with one attached hydrogen (secondary N) is 1. The molecule has 3 rings (SSSR count). The highest BCUT2D eigenvalue weighted by Crippen LogP contribution is 2.50. The Hall–Kier alpha value is -1.19. The molecule has 2 unspecified atom stereocenters. The smallest absolute Gasteiger partial charge is 0.381 e. The number of hydrogen-bond donors (Lipinski definition) is 1. The van der Waals surface area contributed by atoms with Crippen molar-refractivity contribution in [1.29, 1.82) is 0 Å². The lowest BCUT2D eigenvalue weighted by Crippen LogP contribution is -2.32. The number of alkyl halides is 3. The predicted molar refractivity (Wildman–Crippen MR) is 69.2 cm³/mol. The van der Waals surface area contributed by atoms with Gasteiger partial charge in [0.25, 0.3) is 0 Å². The maximum atomic E-state index is 12.8. The maximum Gasteiger partial charge on any atom is 0.416 e. The zero-order valence-corrected chi connectivity index (χ0v) is 11.1. The summed E-state index contributed by atoms with van der Waals surface area (Å²) in [4.78, 5) is 0. The van der Waals surface area contributed by atoms with E-state index in [-0.39, 0.29) is 11.3 Å². The van der Waals surface area contributed by atoms with Gasteiger partial charge in [-0.3, -0.25) is 0 Å². The van der Waals surface area contributed by atoms with Crippen LogP contribution >= 0.6 is 0 Å². The summed E-state index contributed by atoms with van der Waals surface area (Å²) in [6, 6.07) is 4.41. The van der Waals surface area contributed by atoms with Crippen molar-refractivity contribution in [2.75, 3.05) is 5.32 Å². The van der Waals surface area contributed by atoms with Crippen LogP contribution in [-0.2, 0) is 6.18 Å². The van der Waals surface area contributed by atoms with E-state index in [4.69, 9.17) is 0 Å². The van der Waals surface area contributed by atoms with Gasteiger partial charge >= 0.3 is 6.18 Å². The largest absolute Gasteiger partial charge is 0.416 e. The molecule has 0 aromatic heterocycles. The molecule has 1 fully saturated rings. The number of anilines is 1. The van der Waals surface area contributed by atoms with Crippen LogP contribution in [0.4, 0.5) is 18.9 Å². The Morgan fingerprint density at radius 2 is 2.00 bits per heavy atom. The lowest BCUT2D eigenvalue weighted by molar-refractivity contribution is -0.137. The van der Waals surface area contributed by atoms with E-state index in [1.807, 2.05) is 0 Å². The van der Waals surface area contributed by atoms with Gasteiger partial charge in [0.15, 0.2) is 0 Å². The molecule has 4 heteroatoms. The summed E-state index contributed by atoms with van der Waals surface area (Å²) in [5.41, 5.74) is 1.43. The van der Waals surface area contributed by atoms with Gasteiger partial charge in [-0.1, -0.05) is 13.8 Å². The van der Waals surface area contributed by atoms with Crippen molar-refractivity contribution >= 4 is 5.69 Å². The Balaban J connectivity index is 1.98. The quantitative estimate of drug-likeness (QED) is 0.713. The van der Waals surface area contributed by atoms with Crippen LogP contribution in [0.5, 0.6) is 0 Å². The van der Waals surface area contributed by atoms with Crippen LogP contribution in [0, 0.1) is 5.41 Å².